The van der Waals surface area contributed by atoms with Gasteiger partial charge in [-0.2, -0.15) is 0 Å². The summed E-state index contributed by atoms with van der Waals surface area (Å²) < 4.78 is 52.5. The van der Waals surface area contributed by atoms with Crippen LogP contribution in [0, 0.1) is 23.4 Å². The first-order valence-corrected chi connectivity index (χ1v) is 12.0. The van der Waals surface area contributed by atoms with Gasteiger partial charge in [0.05, 0.1) is 25.3 Å². The second-order valence-corrected chi connectivity index (χ2v) is 9.56. The molecule has 2 rings (SSSR count). The standard InChI is InChI=1S/C20H18ClF3INO4S/c1-2-15(25)20(26-30-5-3-4-21)19-16(27)6-11(7-17(19)28)10-31(29)18-9-13(23)12(22)8-14(18)24/h3-4,8-10,15,19H,2,5-7H2,1H3. The van der Waals surface area contributed by atoms with Crippen LogP contribution >= 0.6 is 34.2 Å². The molecule has 1 aromatic rings. The monoisotopic (exact) mass is 587 g/mol. The molecule has 0 aromatic heterocycles. The largest absolute Gasteiger partial charge is 0.392 e. The van der Waals surface area contributed by atoms with Crippen LogP contribution in [0.4, 0.5) is 13.2 Å². The number of benzene rings is 1. The Hall–Kier alpha value is -1.53. The van der Waals surface area contributed by atoms with Crippen molar-refractivity contribution in [2.24, 2.45) is 11.1 Å². The fraction of sp³-hybridized carbons (Fsp3) is 0.350. The number of carbonyl (C=O) groups is 2. The molecular formula is C20H18ClF3INO4S. The van der Waals surface area contributed by atoms with E-state index in [0.717, 1.165) is 5.41 Å². The van der Waals surface area contributed by atoms with E-state index in [2.05, 4.69) is 27.7 Å². The molecule has 11 heteroatoms. The Balaban J connectivity index is 2.25. The van der Waals surface area contributed by atoms with Gasteiger partial charge in [0.25, 0.3) is 0 Å². The lowest BCUT2D eigenvalue weighted by atomic mass is 9.80. The molecule has 1 aliphatic carbocycles. The van der Waals surface area contributed by atoms with Gasteiger partial charge < -0.3 is 4.84 Å². The first kappa shape index (κ1) is 25.7. The van der Waals surface area contributed by atoms with Crippen LogP contribution in [0.3, 0.4) is 0 Å². The molecule has 2 unspecified atom stereocenters. The summed E-state index contributed by atoms with van der Waals surface area (Å²) in [5.74, 6) is -5.97. The summed E-state index contributed by atoms with van der Waals surface area (Å²) in [7, 11) is -2.21. The van der Waals surface area contributed by atoms with Crippen LogP contribution in [0.5, 0.6) is 0 Å². The second-order valence-electron chi connectivity index (χ2n) is 6.54. The van der Waals surface area contributed by atoms with Gasteiger partial charge in [-0.3, -0.25) is 9.59 Å². The number of allylic oxidation sites excluding steroid dienone is 1. The van der Waals surface area contributed by atoms with Gasteiger partial charge in [-0.15, -0.1) is 0 Å². The normalized spacial score (nSPS) is 19.6. The number of Topliss-reactive ketones (excluding diaryl/α,β-unsaturated/α-hetero) is 2. The molecule has 1 aliphatic rings. The Morgan fingerprint density at radius 1 is 1.26 bits per heavy atom. The predicted octanol–water partition coefficient (Wildman–Crippen LogP) is 4.98. The number of hydrogen-bond donors (Lipinski definition) is 0. The Bertz CT molecular complexity index is 963. The number of alkyl halides is 1. The summed E-state index contributed by atoms with van der Waals surface area (Å²) in [6.07, 6.45) is 1.68. The highest BCUT2D eigenvalue weighted by atomic mass is 127. The maximum atomic E-state index is 13.9. The van der Waals surface area contributed by atoms with Gasteiger partial charge in [-0.25, -0.2) is 17.4 Å². The van der Waals surface area contributed by atoms with E-state index in [1.807, 2.05) is 6.92 Å². The lowest BCUT2D eigenvalue weighted by Crippen LogP contribution is -2.40. The van der Waals surface area contributed by atoms with Crippen molar-refractivity contribution in [2.45, 2.75) is 35.0 Å². The molecule has 168 valence electrons. The lowest BCUT2D eigenvalue weighted by molar-refractivity contribution is -0.131. The highest BCUT2D eigenvalue weighted by Gasteiger charge is 2.39. The summed E-state index contributed by atoms with van der Waals surface area (Å²) >= 11 is 7.48. The minimum Gasteiger partial charge on any atom is -0.392 e. The third kappa shape index (κ3) is 6.72. The lowest BCUT2D eigenvalue weighted by Gasteiger charge is -2.24. The molecule has 0 aliphatic heterocycles. The van der Waals surface area contributed by atoms with Crippen molar-refractivity contribution in [3.05, 3.63) is 52.2 Å². The van der Waals surface area contributed by atoms with E-state index in [-0.39, 0.29) is 34.7 Å². The van der Waals surface area contributed by atoms with E-state index < -0.39 is 50.6 Å². The molecule has 31 heavy (non-hydrogen) atoms. The van der Waals surface area contributed by atoms with E-state index in [1.165, 1.54) is 11.6 Å². The molecule has 0 bridgehead atoms. The van der Waals surface area contributed by atoms with Crippen LogP contribution in [0.15, 0.2) is 44.8 Å². The third-order valence-electron chi connectivity index (χ3n) is 4.32. The summed E-state index contributed by atoms with van der Waals surface area (Å²) in [6, 6.07) is 0.786. The zero-order chi connectivity index (χ0) is 23.1. The SMILES string of the molecule is CCC(I)C(=NOCC=CCl)C1C(=O)CC(=CS(=O)c2cc(F)c(F)cc2F)CC1=O. The van der Waals surface area contributed by atoms with Crippen LogP contribution in [0.25, 0.3) is 0 Å². The minimum atomic E-state index is -2.21. The number of rotatable bonds is 8. The average Bonchev–Trinajstić information content (AvgIpc) is 2.71. The Morgan fingerprint density at radius 2 is 1.87 bits per heavy atom. The van der Waals surface area contributed by atoms with Crippen molar-refractivity contribution in [3.8, 4) is 0 Å². The molecular weight excluding hydrogens is 570 g/mol. The first-order valence-electron chi connectivity index (χ1n) is 9.08. The molecule has 2 atom stereocenters. The molecule has 0 radical (unpaired) electrons. The number of oxime groups is 1. The first-order chi connectivity index (χ1) is 14.7. The molecule has 1 saturated carbocycles. The molecule has 5 nitrogen and oxygen atoms in total. The summed E-state index contributed by atoms with van der Waals surface area (Å²) in [4.78, 5) is 30.0. The zero-order valence-corrected chi connectivity index (χ0v) is 20.0. The molecule has 0 amide bonds. The summed E-state index contributed by atoms with van der Waals surface area (Å²) in [5.41, 5.74) is 1.74. The predicted molar refractivity (Wildman–Crippen MR) is 120 cm³/mol. The molecule has 0 heterocycles. The summed E-state index contributed by atoms with van der Waals surface area (Å²) in [5, 5.41) is 5.00. The van der Waals surface area contributed by atoms with Crippen molar-refractivity contribution in [3.63, 3.8) is 0 Å². The van der Waals surface area contributed by atoms with E-state index in [4.69, 9.17) is 16.4 Å². The smallest absolute Gasteiger partial charge is 0.161 e. The van der Waals surface area contributed by atoms with Gasteiger partial charge in [0.2, 0.25) is 0 Å². The minimum absolute atomic E-state index is 0.0686. The van der Waals surface area contributed by atoms with Gasteiger partial charge >= 0.3 is 0 Å². The number of carbonyl (C=O) groups excluding carboxylic acids is 2. The highest BCUT2D eigenvalue weighted by molar-refractivity contribution is 14.1. The maximum Gasteiger partial charge on any atom is 0.161 e. The van der Waals surface area contributed by atoms with Gasteiger partial charge in [0.15, 0.2) is 23.2 Å². The number of halogens is 5. The highest BCUT2D eigenvalue weighted by Crippen LogP contribution is 2.29. The Labute approximate surface area is 198 Å². The van der Waals surface area contributed by atoms with Gasteiger partial charge in [0.1, 0.15) is 18.3 Å². The third-order valence-corrected chi connectivity index (χ3v) is 7.31. The number of ketones is 2. The van der Waals surface area contributed by atoms with E-state index in [0.29, 0.717) is 18.6 Å². The zero-order valence-electron chi connectivity index (χ0n) is 16.2. The van der Waals surface area contributed by atoms with Crippen molar-refractivity contribution >= 4 is 62.3 Å². The Morgan fingerprint density at radius 3 is 2.45 bits per heavy atom. The fourth-order valence-corrected chi connectivity index (χ4v) is 4.48. The van der Waals surface area contributed by atoms with E-state index in [1.54, 1.807) is 0 Å². The van der Waals surface area contributed by atoms with Gasteiger partial charge in [-0.05, 0) is 24.1 Å². The van der Waals surface area contributed by atoms with E-state index >= 15 is 0 Å². The quantitative estimate of drug-likeness (QED) is 0.0818. The van der Waals surface area contributed by atoms with Gasteiger partial charge in [0, 0.05) is 29.9 Å². The second kappa shape index (κ2) is 11.9. The topological polar surface area (TPSA) is 72.8 Å². The molecule has 0 N–H and O–H groups in total. The van der Waals surface area contributed by atoms with Crippen LogP contribution in [0.1, 0.15) is 26.2 Å². The van der Waals surface area contributed by atoms with Crippen molar-refractivity contribution < 1.29 is 31.8 Å². The summed E-state index contributed by atoms with van der Waals surface area (Å²) in [6.45, 7) is 1.94. The molecule has 0 spiro atoms. The average molecular weight is 588 g/mol. The van der Waals surface area contributed by atoms with Crippen molar-refractivity contribution in [1.82, 2.24) is 0 Å². The van der Waals surface area contributed by atoms with E-state index in [9.17, 15) is 27.0 Å². The molecule has 0 saturated heterocycles. The van der Waals surface area contributed by atoms with Crippen LogP contribution in [0.2, 0.25) is 0 Å². The Kier molecular flexibility index (Phi) is 9.89. The van der Waals surface area contributed by atoms with Crippen LogP contribution < -0.4 is 0 Å². The number of nitrogens with zero attached hydrogens (tertiary/aromatic N) is 1. The van der Waals surface area contributed by atoms with Crippen LogP contribution in [-0.2, 0) is 25.2 Å². The number of hydrogen-bond acceptors (Lipinski definition) is 5. The van der Waals surface area contributed by atoms with Crippen molar-refractivity contribution in [1.29, 1.82) is 0 Å². The fourth-order valence-electron chi connectivity index (χ4n) is 2.87. The van der Waals surface area contributed by atoms with Crippen LogP contribution in [-0.4, -0.2) is 32.0 Å². The molecule has 1 fully saturated rings. The maximum absolute atomic E-state index is 13.9. The van der Waals surface area contributed by atoms with Crippen molar-refractivity contribution in [2.75, 3.05) is 6.61 Å². The van der Waals surface area contributed by atoms with Gasteiger partial charge in [-0.1, -0.05) is 46.3 Å². The molecule has 1 aromatic carbocycles.